The normalized spacial score (nSPS) is 10.1. The Morgan fingerprint density at radius 3 is 2.53 bits per heavy atom. The average molecular weight is 264 g/mol. The van der Waals surface area contributed by atoms with Gasteiger partial charge in [-0.2, -0.15) is 0 Å². The zero-order valence-electron chi connectivity index (χ0n) is 9.01. The molecule has 0 bridgehead atoms. The van der Waals surface area contributed by atoms with Crippen LogP contribution in [0.4, 0.5) is 8.78 Å². The van der Waals surface area contributed by atoms with E-state index in [0.717, 1.165) is 18.2 Å². The Labute approximate surface area is 103 Å². The maximum atomic E-state index is 12.8. The SMILES string of the molecule is O=C(CCCl)NCCOc1cc(F)cc(F)c1. The van der Waals surface area contributed by atoms with Gasteiger partial charge >= 0.3 is 0 Å². The first kappa shape index (κ1) is 13.7. The molecule has 94 valence electrons. The van der Waals surface area contributed by atoms with Gasteiger partial charge in [0, 0.05) is 30.5 Å². The molecule has 1 rings (SSSR count). The van der Waals surface area contributed by atoms with Gasteiger partial charge in [-0.15, -0.1) is 11.6 Å². The lowest BCUT2D eigenvalue weighted by Gasteiger charge is -2.07. The number of nitrogens with one attached hydrogen (secondary N) is 1. The minimum atomic E-state index is -0.703. The molecule has 1 aromatic rings. The van der Waals surface area contributed by atoms with Crippen LogP contribution in [0.5, 0.6) is 5.75 Å². The molecule has 1 N–H and O–H groups in total. The monoisotopic (exact) mass is 263 g/mol. The summed E-state index contributed by atoms with van der Waals surface area (Å²) in [5.41, 5.74) is 0. The summed E-state index contributed by atoms with van der Waals surface area (Å²) in [5.74, 6) is -1.25. The Kier molecular flexibility index (Phi) is 5.69. The summed E-state index contributed by atoms with van der Waals surface area (Å²) >= 11 is 5.36. The van der Waals surface area contributed by atoms with E-state index >= 15 is 0 Å². The van der Waals surface area contributed by atoms with Gasteiger partial charge in [-0.1, -0.05) is 0 Å². The predicted octanol–water partition coefficient (Wildman–Crippen LogP) is 2.09. The summed E-state index contributed by atoms with van der Waals surface area (Å²) in [6.07, 6.45) is 0.232. The van der Waals surface area contributed by atoms with E-state index in [2.05, 4.69) is 5.32 Å². The molecule has 3 nitrogen and oxygen atoms in total. The van der Waals surface area contributed by atoms with Crippen LogP contribution in [0.3, 0.4) is 0 Å². The molecule has 0 aliphatic heterocycles. The Bertz CT molecular complexity index is 367. The lowest BCUT2D eigenvalue weighted by atomic mass is 10.3. The van der Waals surface area contributed by atoms with Gasteiger partial charge in [0.15, 0.2) is 0 Å². The molecule has 0 saturated heterocycles. The van der Waals surface area contributed by atoms with Crippen molar-refractivity contribution in [3.63, 3.8) is 0 Å². The van der Waals surface area contributed by atoms with Crippen molar-refractivity contribution in [1.82, 2.24) is 5.32 Å². The molecule has 0 aliphatic carbocycles. The van der Waals surface area contributed by atoms with Crippen LogP contribution in [0.2, 0.25) is 0 Å². The van der Waals surface area contributed by atoms with Crippen LogP contribution < -0.4 is 10.1 Å². The largest absolute Gasteiger partial charge is 0.492 e. The molecule has 0 radical (unpaired) electrons. The van der Waals surface area contributed by atoms with Crippen LogP contribution in [0.25, 0.3) is 0 Å². The number of benzene rings is 1. The van der Waals surface area contributed by atoms with E-state index in [1.807, 2.05) is 0 Å². The number of carbonyl (C=O) groups is 1. The minimum Gasteiger partial charge on any atom is -0.492 e. The van der Waals surface area contributed by atoms with Crippen molar-refractivity contribution in [3.05, 3.63) is 29.8 Å². The van der Waals surface area contributed by atoms with Crippen molar-refractivity contribution in [2.75, 3.05) is 19.0 Å². The van der Waals surface area contributed by atoms with Crippen molar-refractivity contribution in [2.24, 2.45) is 0 Å². The van der Waals surface area contributed by atoms with Crippen molar-refractivity contribution in [1.29, 1.82) is 0 Å². The minimum absolute atomic E-state index is 0.0918. The van der Waals surface area contributed by atoms with Crippen LogP contribution in [0.15, 0.2) is 18.2 Å². The van der Waals surface area contributed by atoms with Gasteiger partial charge in [-0.05, 0) is 0 Å². The smallest absolute Gasteiger partial charge is 0.221 e. The molecular formula is C11H12ClF2NO2. The summed E-state index contributed by atoms with van der Waals surface area (Å²) < 4.78 is 30.6. The molecule has 0 spiro atoms. The quantitative estimate of drug-likeness (QED) is 0.630. The van der Waals surface area contributed by atoms with Crippen LogP contribution in [-0.4, -0.2) is 24.9 Å². The summed E-state index contributed by atoms with van der Waals surface area (Å²) in [4.78, 5) is 11.0. The lowest BCUT2D eigenvalue weighted by Crippen LogP contribution is -2.28. The van der Waals surface area contributed by atoms with Crippen molar-refractivity contribution >= 4 is 17.5 Å². The number of hydrogen-bond donors (Lipinski definition) is 1. The number of halogens is 3. The molecule has 0 aromatic heterocycles. The van der Waals surface area contributed by atoms with E-state index in [-0.39, 0.29) is 37.1 Å². The predicted molar refractivity (Wildman–Crippen MR) is 60.2 cm³/mol. The first-order valence-electron chi connectivity index (χ1n) is 5.03. The van der Waals surface area contributed by atoms with E-state index in [0.29, 0.717) is 0 Å². The fraction of sp³-hybridized carbons (Fsp3) is 0.364. The molecule has 1 aromatic carbocycles. The van der Waals surface area contributed by atoms with Crippen molar-refractivity contribution < 1.29 is 18.3 Å². The van der Waals surface area contributed by atoms with Gasteiger partial charge in [0.2, 0.25) is 5.91 Å². The molecule has 0 atom stereocenters. The van der Waals surface area contributed by atoms with E-state index < -0.39 is 11.6 Å². The van der Waals surface area contributed by atoms with Crippen molar-refractivity contribution in [2.45, 2.75) is 6.42 Å². The molecule has 1 amide bonds. The average Bonchev–Trinajstić information content (AvgIpc) is 2.23. The third kappa shape index (κ3) is 5.49. The second-order valence-electron chi connectivity index (χ2n) is 3.24. The standard InChI is InChI=1S/C11H12ClF2NO2/c12-2-1-11(16)15-3-4-17-10-6-8(13)5-9(14)7-10/h5-7H,1-4H2,(H,15,16). The number of alkyl halides is 1. The summed E-state index contributed by atoms with van der Waals surface area (Å²) in [5, 5.41) is 2.55. The van der Waals surface area contributed by atoms with Crippen LogP contribution in [0.1, 0.15) is 6.42 Å². The molecule has 6 heteroatoms. The molecule has 0 heterocycles. The molecule has 17 heavy (non-hydrogen) atoms. The third-order valence-corrected chi connectivity index (χ3v) is 2.04. The number of carbonyl (C=O) groups excluding carboxylic acids is 1. The highest BCUT2D eigenvalue weighted by atomic mass is 35.5. The van der Waals surface area contributed by atoms with Crippen molar-refractivity contribution in [3.8, 4) is 5.75 Å². The third-order valence-electron chi connectivity index (χ3n) is 1.85. The van der Waals surface area contributed by atoms with E-state index in [4.69, 9.17) is 16.3 Å². The van der Waals surface area contributed by atoms with E-state index in [1.165, 1.54) is 0 Å². The topological polar surface area (TPSA) is 38.3 Å². The summed E-state index contributed by atoms with van der Waals surface area (Å²) in [6.45, 7) is 0.394. The lowest BCUT2D eigenvalue weighted by molar-refractivity contribution is -0.120. The Hall–Kier alpha value is -1.36. The second-order valence-corrected chi connectivity index (χ2v) is 3.62. The number of ether oxygens (including phenoxy) is 1. The molecule has 0 fully saturated rings. The summed E-state index contributed by atoms with van der Waals surface area (Å²) in [7, 11) is 0. The molecular weight excluding hydrogens is 252 g/mol. The van der Waals surface area contributed by atoms with Gasteiger partial charge in [0.1, 0.15) is 24.0 Å². The number of amides is 1. The fourth-order valence-electron chi connectivity index (χ4n) is 1.15. The Morgan fingerprint density at radius 2 is 1.94 bits per heavy atom. The van der Waals surface area contributed by atoms with Crippen LogP contribution >= 0.6 is 11.6 Å². The highest BCUT2D eigenvalue weighted by Gasteiger charge is 2.02. The highest BCUT2D eigenvalue weighted by Crippen LogP contribution is 2.14. The van der Waals surface area contributed by atoms with Crippen LogP contribution in [0, 0.1) is 11.6 Å². The van der Waals surface area contributed by atoms with E-state index in [1.54, 1.807) is 0 Å². The maximum Gasteiger partial charge on any atom is 0.221 e. The number of hydrogen-bond acceptors (Lipinski definition) is 2. The van der Waals surface area contributed by atoms with Gasteiger partial charge in [-0.25, -0.2) is 8.78 Å². The van der Waals surface area contributed by atoms with Gasteiger partial charge in [-0.3, -0.25) is 4.79 Å². The second kappa shape index (κ2) is 7.06. The number of rotatable bonds is 6. The van der Waals surface area contributed by atoms with Crippen LogP contribution in [-0.2, 0) is 4.79 Å². The Morgan fingerprint density at radius 1 is 1.29 bits per heavy atom. The molecule has 0 saturated carbocycles. The molecule has 0 aliphatic rings. The maximum absolute atomic E-state index is 12.8. The molecule has 0 unspecified atom stereocenters. The highest BCUT2D eigenvalue weighted by molar-refractivity contribution is 6.18. The Balaban J connectivity index is 2.28. The first-order valence-corrected chi connectivity index (χ1v) is 5.57. The van der Waals surface area contributed by atoms with Gasteiger partial charge in [0.05, 0.1) is 6.54 Å². The zero-order chi connectivity index (χ0) is 12.7. The first-order chi connectivity index (χ1) is 8.11. The van der Waals surface area contributed by atoms with Gasteiger partial charge in [0.25, 0.3) is 0 Å². The van der Waals surface area contributed by atoms with E-state index in [9.17, 15) is 13.6 Å². The zero-order valence-corrected chi connectivity index (χ0v) is 9.77. The summed E-state index contributed by atoms with van der Waals surface area (Å²) in [6, 6.07) is 2.91. The van der Waals surface area contributed by atoms with Gasteiger partial charge < -0.3 is 10.1 Å². The fourth-order valence-corrected chi connectivity index (χ4v) is 1.32.